The molecule has 88 valence electrons. The van der Waals surface area contributed by atoms with Gasteiger partial charge in [-0.1, -0.05) is 27.7 Å². The fourth-order valence-corrected chi connectivity index (χ4v) is 1.36. The maximum absolute atomic E-state index is 11.6. The SMILES string of the molecule is CC(C)CN(C)C(=O)CCC(=O)C(C)C. The Morgan fingerprint density at radius 3 is 2.00 bits per heavy atom. The molecule has 0 aromatic heterocycles. The molecule has 0 aromatic carbocycles. The second-order valence-corrected chi connectivity index (χ2v) is 4.79. The Kier molecular flexibility index (Phi) is 6.21. The third-order valence-electron chi connectivity index (χ3n) is 2.29. The number of rotatable bonds is 6. The summed E-state index contributed by atoms with van der Waals surface area (Å²) >= 11 is 0. The van der Waals surface area contributed by atoms with Crippen molar-refractivity contribution >= 4 is 11.7 Å². The zero-order valence-electron chi connectivity index (χ0n) is 10.5. The first-order chi connectivity index (χ1) is 6.84. The van der Waals surface area contributed by atoms with Crippen molar-refractivity contribution in [2.75, 3.05) is 13.6 Å². The maximum Gasteiger partial charge on any atom is 0.222 e. The zero-order valence-corrected chi connectivity index (χ0v) is 10.5. The molecular weight excluding hydrogens is 190 g/mol. The minimum atomic E-state index is 0.0354. The van der Waals surface area contributed by atoms with Gasteiger partial charge in [0.15, 0.2) is 0 Å². The average Bonchev–Trinajstić information content (AvgIpc) is 2.12. The number of carbonyl (C=O) groups excluding carboxylic acids is 2. The van der Waals surface area contributed by atoms with Gasteiger partial charge in [-0.3, -0.25) is 9.59 Å². The van der Waals surface area contributed by atoms with E-state index in [1.54, 1.807) is 11.9 Å². The van der Waals surface area contributed by atoms with Gasteiger partial charge in [0, 0.05) is 32.4 Å². The van der Waals surface area contributed by atoms with E-state index in [1.807, 2.05) is 13.8 Å². The number of hydrogen-bond acceptors (Lipinski definition) is 2. The molecule has 0 unspecified atom stereocenters. The van der Waals surface area contributed by atoms with Crippen molar-refractivity contribution in [2.45, 2.75) is 40.5 Å². The lowest BCUT2D eigenvalue weighted by molar-refractivity contribution is -0.133. The first-order valence-electron chi connectivity index (χ1n) is 5.61. The average molecular weight is 213 g/mol. The Labute approximate surface area is 92.8 Å². The first-order valence-corrected chi connectivity index (χ1v) is 5.61. The molecule has 3 heteroatoms. The van der Waals surface area contributed by atoms with E-state index in [1.165, 1.54) is 0 Å². The van der Waals surface area contributed by atoms with Crippen LogP contribution in [-0.2, 0) is 9.59 Å². The molecule has 0 aliphatic carbocycles. The number of Topliss-reactive ketones (excluding diaryl/α,β-unsaturated/α-hetero) is 1. The largest absolute Gasteiger partial charge is 0.345 e. The minimum absolute atomic E-state index is 0.0354. The zero-order chi connectivity index (χ0) is 12.0. The molecule has 0 fully saturated rings. The molecule has 0 rings (SSSR count). The highest BCUT2D eigenvalue weighted by atomic mass is 16.2. The third kappa shape index (κ3) is 6.26. The van der Waals surface area contributed by atoms with Crippen LogP contribution in [0.4, 0.5) is 0 Å². The normalized spacial score (nSPS) is 10.9. The Morgan fingerprint density at radius 1 is 1.07 bits per heavy atom. The summed E-state index contributed by atoms with van der Waals surface area (Å²) in [5, 5.41) is 0. The molecule has 0 radical (unpaired) electrons. The number of nitrogens with zero attached hydrogens (tertiary/aromatic N) is 1. The molecular formula is C12H23NO2. The Balaban J connectivity index is 3.88. The van der Waals surface area contributed by atoms with Crippen molar-refractivity contribution in [2.24, 2.45) is 11.8 Å². The van der Waals surface area contributed by atoms with Gasteiger partial charge in [0.2, 0.25) is 5.91 Å². The molecule has 0 saturated carbocycles. The van der Waals surface area contributed by atoms with Crippen LogP contribution in [-0.4, -0.2) is 30.2 Å². The number of hydrogen-bond donors (Lipinski definition) is 0. The number of carbonyl (C=O) groups is 2. The first kappa shape index (κ1) is 14.1. The van der Waals surface area contributed by atoms with Crippen LogP contribution in [0.15, 0.2) is 0 Å². The van der Waals surface area contributed by atoms with E-state index in [2.05, 4.69) is 13.8 Å². The van der Waals surface area contributed by atoms with E-state index < -0.39 is 0 Å². The van der Waals surface area contributed by atoms with Gasteiger partial charge in [0.1, 0.15) is 5.78 Å². The highest BCUT2D eigenvalue weighted by molar-refractivity contribution is 5.85. The highest BCUT2D eigenvalue weighted by Crippen LogP contribution is 2.05. The van der Waals surface area contributed by atoms with Crippen LogP contribution in [0.1, 0.15) is 40.5 Å². The summed E-state index contributed by atoms with van der Waals surface area (Å²) in [5.41, 5.74) is 0. The lowest BCUT2D eigenvalue weighted by atomic mass is 10.0. The molecule has 0 atom stereocenters. The molecule has 0 N–H and O–H groups in total. The van der Waals surface area contributed by atoms with Crippen molar-refractivity contribution in [3.05, 3.63) is 0 Å². The van der Waals surface area contributed by atoms with Gasteiger partial charge in [-0.2, -0.15) is 0 Å². The molecule has 0 aliphatic heterocycles. The second kappa shape index (κ2) is 6.59. The van der Waals surface area contributed by atoms with Crippen LogP contribution in [0.3, 0.4) is 0 Å². The number of ketones is 1. The van der Waals surface area contributed by atoms with Crippen molar-refractivity contribution in [3.8, 4) is 0 Å². The summed E-state index contributed by atoms with van der Waals surface area (Å²) in [7, 11) is 1.79. The smallest absolute Gasteiger partial charge is 0.222 e. The summed E-state index contributed by atoms with van der Waals surface area (Å²) in [4.78, 5) is 24.6. The molecule has 0 spiro atoms. The molecule has 1 amide bonds. The monoisotopic (exact) mass is 213 g/mol. The predicted octanol–water partition coefficient (Wildman–Crippen LogP) is 2.11. The minimum Gasteiger partial charge on any atom is -0.345 e. The quantitative estimate of drug-likeness (QED) is 0.677. The van der Waals surface area contributed by atoms with Crippen LogP contribution >= 0.6 is 0 Å². The van der Waals surface area contributed by atoms with E-state index in [9.17, 15) is 9.59 Å². The Bertz CT molecular complexity index is 222. The predicted molar refractivity (Wildman–Crippen MR) is 61.6 cm³/mol. The molecule has 3 nitrogen and oxygen atoms in total. The van der Waals surface area contributed by atoms with Crippen LogP contribution in [0.25, 0.3) is 0 Å². The van der Waals surface area contributed by atoms with Crippen LogP contribution in [0.5, 0.6) is 0 Å². The summed E-state index contributed by atoms with van der Waals surface area (Å²) in [5.74, 6) is 0.743. The summed E-state index contributed by atoms with van der Waals surface area (Å²) in [6, 6.07) is 0. The van der Waals surface area contributed by atoms with E-state index >= 15 is 0 Å². The molecule has 0 aromatic rings. The second-order valence-electron chi connectivity index (χ2n) is 4.79. The van der Waals surface area contributed by atoms with Gasteiger partial charge in [-0.25, -0.2) is 0 Å². The van der Waals surface area contributed by atoms with Gasteiger partial charge >= 0.3 is 0 Å². The van der Waals surface area contributed by atoms with Crippen LogP contribution in [0.2, 0.25) is 0 Å². The van der Waals surface area contributed by atoms with Gasteiger partial charge in [0.05, 0.1) is 0 Å². The van der Waals surface area contributed by atoms with Crippen LogP contribution < -0.4 is 0 Å². The number of amides is 1. The molecule has 0 saturated heterocycles. The van der Waals surface area contributed by atoms with E-state index in [-0.39, 0.29) is 17.6 Å². The van der Waals surface area contributed by atoms with Gasteiger partial charge in [-0.05, 0) is 5.92 Å². The fraction of sp³-hybridized carbons (Fsp3) is 0.833. The van der Waals surface area contributed by atoms with Crippen molar-refractivity contribution in [1.82, 2.24) is 4.90 Å². The summed E-state index contributed by atoms with van der Waals surface area (Å²) in [6.45, 7) is 8.64. The molecule has 0 aliphatic rings. The summed E-state index contributed by atoms with van der Waals surface area (Å²) < 4.78 is 0. The molecule has 0 bridgehead atoms. The lowest BCUT2D eigenvalue weighted by Crippen LogP contribution is -2.30. The van der Waals surface area contributed by atoms with Gasteiger partial charge < -0.3 is 4.90 Å². The van der Waals surface area contributed by atoms with Crippen molar-refractivity contribution < 1.29 is 9.59 Å². The maximum atomic E-state index is 11.6. The van der Waals surface area contributed by atoms with Crippen LogP contribution in [0, 0.1) is 11.8 Å². The third-order valence-corrected chi connectivity index (χ3v) is 2.29. The van der Waals surface area contributed by atoms with Crippen molar-refractivity contribution in [3.63, 3.8) is 0 Å². The summed E-state index contributed by atoms with van der Waals surface area (Å²) in [6.07, 6.45) is 0.721. The van der Waals surface area contributed by atoms with Gasteiger partial charge in [-0.15, -0.1) is 0 Å². The van der Waals surface area contributed by atoms with E-state index in [4.69, 9.17) is 0 Å². The lowest BCUT2D eigenvalue weighted by Gasteiger charge is -2.19. The standard InChI is InChI=1S/C12H23NO2/c1-9(2)8-13(5)12(15)7-6-11(14)10(3)4/h9-10H,6-8H2,1-5H3. The fourth-order valence-electron chi connectivity index (χ4n) is 1.36. The Morgan fingerprint density at radius 2 is 1.60 bits per heavy atom. The van der Waals surface area contributed by atoms with E-state index in [0.717, 1.165) is 6.54 Å². The molecule has 15 heavy (non-hydrogen) atoms. The van der Waals surface area contributed by atoms with Crippen molar-refractivity contribution in [1.29, 1.82) is 0 Å². The Hall–Kier alpha value is -0.860. The van der Waals surface area contributed by atoms with E-state index in [0.29, 0.717) is 18.8 Å². The highest BCUT2D eigenvalue weighted by Gasteiger charge is 2.13. The topological polar surface area (TPSA) is 37.4 Å². The molecule has 0 heterocycles. The van der Waals surface area contributed by atoms with Gasteiger partial charge in [0.25, 0.3) is 0 Å².